The van der Waals surface area contributed by atoms with Gasteiger partial charge in [0.15, 0.2) is 0 Å². The van der Waals surface area contributed by atoms with E-state index in [1.165, 1.54) is 37.7 Å². The van der Waals surface area contributed by atoms with E-state index in [2.05, 4.69) is 14.9 Å². The van der Waals surface area contributed by atoms with Crippen LogP contribution in [-0.2, 0) is 0 Å². The Morgan fingerprint density at radius 2 is 1.90 bits per heavy atom. The summed E-state index contributed by atoms with van der Waals surface area (Å²) in [6, 6.07) is 6.29. The summed E-state index contributed by atoms with van der Waals surface area (Å²) in [6.07, 6.45) is 5.17. The van der Waals surface area contributed by atoms with E-state index in [4.69, 9.17) is 4.74 Å². The molecule has 0 radical (unpaired) electrons. The summed E-state index contributed by atoms with van der Waals surface area (Å²) in [5, 5.41) is 0. The van der Waals surface area contributed by atoms with E-state index in [1.807, 2.05) is 13.0 Å². The van der Waals surface area contributed by atoms with Crippen LogP contribution in [0.5, 0.6) is 11.6 Å². The number of anilines is 1. The number of aromatic nitrogens is 2. The molecule has 1 aromatic carbocycles. The fraction of sp³-hybridized carbons (Fsp3) is 0.375. The highest BCUT2D eigenvalue weighted by atomic mass is 19.1. The maximum Gasteiger partial charge on any atom is 0.224 e. The molecule has 0 saturated carbocycles. The Hall–Kier alpha value is -2.17. The minimum atomic E-state index is -0.267. The number of aryl methyl sites for hydroxylation is 1. The van der Waals surface area contributed by atoms with Crippen LogP contribution in [0.25, 0.3) is 0 Å². The minimum Gasteiger partial charge on any atom is -0.439 e. The van der Waals surface area contributed by atoms with Crippen molar-refractivity contribution in [3.05, 3.63) is 42.0 Å². The molecule has 21 heavy (non-hydrogen) atoms. The van der Waals surface area contributed by atoms with Crippen molar-refractivity contribution in [1.29, 1.82) is 0 Å². The number of halogens is 1. The molecule has 1 aromatic heterocycles. The first-order valence-electron chi connectivity index (χ1n) is 7.23. The number of rotatable bonds is 3. The number of ether oxygens (including phenoxy) is 1. The molecule has 2 heterocycles. The van der Waals surface area contributed by atoms with Gasteiger partial charge in [0, 0.05) is 19.2 Å². The Morgan fingerprint density at radius 1 is 1.10 bits per heavy atom. The fourth-order valence-electron chi connectivity index (χ4n) is 2.52. The zero-order valence-electron chi connectivity index (χ0n) is 12.1. The molecular weight excluding hydrogens is 269 g/mol. The first-order chi connectivity index (χ1) is 10.2. The molecule has 0 spiro atoms. The van der Waals surface area contributed by atoms with Crippen molar-refractivity contribution < 1.29 is 9.13 Å². The third-order valence-corrected chi connectivity index (χ3v) is 3.66. The highest BCUT2D eigenvalue weighted by molar-refractivity contribution is 5.43. The number of piperidine rings is 1. The van der Waals surface area contributed by atoms with Gasteiger partial charge in [-0.25, -0.2) is 14.4 Å². The predicted molar refractivity (Wildman–Crippen MR) is 79.3 cm³/mol. The molecule has 0 bridgehead atoms. The molecule has 5 heteroatoms. The van der Waals surface area contributed by atoms with Crippen molar-refractivity contribution in [3.8, 4) is 11.6 Å². The van der Waals surface area contributed by atoms with Crippen LogP contribution in [0.2, 0.25) is 0 Å². The Bertz CT molecular complexity index is 627. The Labute approximate surface area is 123 Å². The molecule has 0 aliphatic carbocycles. The average molecular weight is 287 g/mol. The summed E-state index contributed by atoms with van der Waals surface area (Å²) >= 11 is 0. The molecule has 1 saturated heterocycles. The smallest absolute Gasteiger partial charge is 0.224 e. The van der Waals surface area contributed by atoms with Crippen molar-refractivity contribution in [2.24, 2.45) is 0 Å². The highest BCUT2D eigenvalue weighted by Gasteiger charge is 2.13. The van der Waals surface area contributed by atoms with E-state index in [-0.39, 0.29) is 5.82 Å². The molecule has 1 fully saturated rings. The first-order valence-corrected chi connectivity index (χ1v) is 7.23. The predicted octanol–water partition coefficient (Wildman–Crippen LogP) is 3.71. The maximum atomic E-state index is 13.1. The minimum absolute atomic E-state index is 0.267. The van der Waals surface area contributed by atoms with Crippen molar-refractivity contribution >= 4 is 5.82 Å². The third kappa shape index (κ3) is 3.29. The summed E-state index contributed by atoms with van der Waals surface area (Å²) in [5.41, 5.74) is 0.744. The Morgan fingerprint density at radius 3 is 2.67 bits per heavy atom. The maximum absolute atomic E-state index is 13.1. The molecular formula is C16H18FN3O. The van der Waals surface area contributed by atoms with Gasteiger partial charge in [-0.3, -0.25) is 0 Å². The van der Waals surface area contributed by atoms with E-state index >= 15 is 0 Å². The van der Waals surface area contributed by atoms with Crippen LogP contribution in [-0.4, -0.2) is 23.1 Å². The number of benzene rings is 1. The second-order valence-electron chi connectivity index (χ2n) is 5.27. The molecule has 0 amide bonds. The second kappa shape index (κ2) is 6.08. The van der Waals surface area contributed by atoms with E-state index < -0.39 is 0 Å². The Balaban J connectivity index is 1.79. The van der Waals surface area contributed by atoms with Crippen LogP contribution in [0, 0.1) is 12.7 Å². The van der Waals surface area contributed by atoms with Crippen LogP contribution >= 0.6 is 0 Å². The molecule has 1 aliphatic heterocycles. The van der Waals surface area contributed by atoms with E-state index in [0.29, 0.717) is 11.6 Å². The SMILES string of the molecule is Cc1cc(F)ccc1Oc1cc(N2CCCCC2)ncn1. The number of nitrogens with zero attached hydrogens (tertiary/aromatic N) is 3. The Kier molecular flexibility index (Phi) is 3.99. The van der Waals surface area contributed by atoms with Crippen LogP contribution in [0.1, 0.15) is 24.8 Å². The van der Waals surface area contributed by atoms with Crippen LogP contribution < -0.4 is 9.64 Å². The van der Waals surface area contributed by atoms with Gasteiger partial charge < -0.3 is 9.64 Å². The lowest BCUT2D eigenvalue weighted by molar-refractivity contribution is 0.455. The van der Waals surface area contributed by atoms with Crippen LogP contribution in [0.15, 0.2) is 30.6 Å². The van der Waals surface area contributed by atoms with Gasteiger partial charge in [0.1, 0.15) is 23.7 Å². The van der Waals surface area contributed by atoms with Gasteiger partial charge in [-0.15, -0.1) is 0 Å². The largest absolute Gasteiger partial charge is 0.439 e. The lowest BCUT2D eigenvalue weighted by Gasteiger charge is -2.27. The summed E-state index contributed by atoms with van der Waals surface area (Å²) in [4.78, 5) is 10.7. The van der Waals surface area contributed by atoms with E-state index in [1.54, 1.807) is 6.07 Å². The zero-order chi connectivity index (χ0) is 14.7. The van der Waals surface area contributed by atoms with Gasteiger partial charge in [-0.05, 0) is 49.9 Å². The molecule has 4 nitrogen and oxygen atoms in total. The van der Waals surface area contributed by atoms with Crippen LogP contribution in [0.3, 0.4) is 0 Å². The number of hydrogen-bond donors (Lipinski definition) is 0. The summed E-state index contributed by atoms with van der Waals surface area (Å²) in [5.74, 6) is 1.72. The highest BCUT2D eigenvalue weighted by Crippen LogP contribution is 2.26. The van der Waals surface area contributed by atoms with Gasteiger partial charge in [-0.2, -0.15) is 0 Å². The summed E-state index contributed by atoms with van der Waals surface area (Å²) in [7, 11) is 0. The fourth-order valence-corrected chi connectivity index (χ4v) is 2.52. The summed E-state index contributed by atoms with van der Waals surface area (Å²) < 4.78 is 18.9. The molecule has 0 N–H and O–H groups in total. The topological polar surface area (TPSA) is 38.2 Å². The number of hydrogen-bond acceptors (Lipinski definition) is 4. The molecule has 1 aliphatic rings. The zero-order valence-corrected chi connectivity index (χ0v) is 12.1. The molecule has 2 aromatic rings. The van der Waals surface area contributed by atoms with Gasteiger partial charge in [-0.1, -0.05) is 0 Å². The van der Waals surface area contributed by atoms with Crippen molar-refractivity contribution in [1.82, 2.24) is 9.97 Å². The first kappa shape index (κ1) is 13.8. The van der Waals surface area contributed by atoms with Crippen LogP contribution in [0.4, 0.5) is 10.2 Å². The van der Waals surface area contributed by atoms with Gasteiger partial charge >= 0.3 is 0 Å². The van der Waals surface area contributed by atoms with E-state index in [0.717, 1.165) is 24.5 Å². The lowest BCUT2D eigenvalue weighted by Crippen LogP contribution is -2.30. The van der Waals surface area contributed by atoms with Crippen molar-refractivity contribution in [2.75, 3.05) is 18.0 Å². The van der Waals surface area contributed by atoms with Gasteiger partial charge in [0.05, 0.1) is 0 Å². The molecule has 0 atom stereocenters. The van der Waals surface area contributed by atoms with Gasteiger partial charge in [0.25, 0.3) is 0 Å². The normalized spacial score (nSPS) is 15.0. The third-order valence-electron chi connectivity index (χ3n) is 3.66. The van der Waals surface area contributed by atoms with Gasteiger partial charge in [0.2, 0.25) is 5.88 Å². The summed E-state index contributed by atoms with van der Waals surface area (Å²) in [6.45, 7) is 3.85. The quantitative estimate of drug-likeness (QED) is 0.862. The second-order valence-corrected chi connectivity index (χ2v) is 5.27. The van der Waals surface area contributed by atoms with Crippen molar-refractivity contribution in [2.45, 2.75) is 26.2 Å². The molecule has 3 rings (SSSR count). The lowest BCUT2D eigenvalue weighted by atomic mass is 10.1. The average Bonchev–Trinajstić information content (AvgIpc) is 2.51. The molecule has 110 valence electrons. The van der Waals surface area contributed by atoms with Crippen molar-refractivity contribution in [3.63, 3.8) is 0 Å². The molecule has 0 unspecified atom stereocenters. The van der Waals surface area contributed by atoms with E-state index in [9.17, 15) is 4.39 Å². The monoisotopic (exact) mass is 287 g/mol. The standard InChI is InChI=1S/C16H18FN3O/c1-12-9-13(17)5-6-14(12)21-16-10-15(18-11-19-16)20-7-3-2-4-8-20/h5-6,9-11H,2-4,7-8H2,1H3.